The molecule has 1 heterocycles. The fraction of sp³-hybridized carbons (Fsp3) is 0.444. The van der Waals surface area contributed by atoms with E-state index in [1.165, 1.54) is 6.07 Å². The van der Waals surface area contributed by atoms with Crippen molar-refractivity contribution in [3.8, 4) is 11.5 Å². The number of hydrogen-bond acceptors (Lipinski definition) is 4. The largest absolute Gasteiger partial charge is 0.490 e. The van der Waals surface area contributed by atoms with Crippen molar-refractivity contribution in [3.05, 3.63) is 41.7 Å². The quantitative estimate of drug-likeness (QED) is 0.309. The SMILES string of the molecule is CCNC(=NCc1ccc(OC(F)F)c(OCC)c1)NCc1ccnn1C.I. The van der Waals surface area contributed by atoms with Crippen LogP contribution >= 0.6 is 24.0 Å². The molecule has 156 valence electrons. The number of halogens is 3. The zero-order chi connectivity index (χ0) is 19.6. The van der Waals surface area contributed by atoms with Gasteiger partial charge in [0.1, 0.15) is 0 Å². The Morgan fingerprint density at radius 3 is 2.61 bits per heavy atom. The van der Waals surface area contributed by atoms with Gasteiger partial charge in [-0.2, -0.15) is 13.9 Å². The van der Waals surface area contributed by atoms with Crippen molar-refractivity contribution in [3.63, 3.8) is 0 Å². The average Bonchev–Trinajstić information content (AvgIpc) is 3.04. The van der Waals surface area contributed by atoms with Crippen LogP contribution < -0.4 is 20.1 Å². The number of aryl methyl sites for hydroxylation is 1. The van der Waals surface area contributed by atoms with E-state index in [0.29, 0.717) is 32.2 Å². The molecule has 1 aromatic heterocycles. The number of benzene rings is 1. The zero-order valence-corrected chi connectivity index (χ0v) is 18.4. The Labute approximate surface area is 180 Å². The summed E-state index contributed by atoms with van der Waals surface area (Å²) >= 11 is 0. The summed E-state index contributed by atoms with van der Waals surface area (Å²) in [6.45, 7) is 2.85. The molecule has 0 radical (unpaired) electrons. The van der Waals surface area contributed by atoms with E-state index in [9.17, 15) is 8.78 Å². The molecule has 0 amide bonds. The summed E-state index contributed by atoms with van der Waals surface area (Å²) in [6.07, 6.45) is 1.74. The summed E-state index contributed by atoms with van der Waals surface area (Å²) < 4.78 is 36.6. The van der Waals surface area contributed by atoms with E-state index < -0.39 is 6.61 Å². The van der Waals surface area contributed by atoms with E-state index in [2.05, 4.69) is 25.5 Å². The molecule has 2 N–H and O–H groups in total. The van der Waals surface area contributed by atoms with Crippen LogP contribution in [0.25, 0.3) is 0 Å². The van der Waals surface area contributed by atoms with Crippen molar-refractivity contribution < 1.29 is 18.3 Å². The van der Waals surface area contributed by atoms with Gasteiger partial charge in [-0.15, -0.1) is 24.0 Å². The Balaban J connectivity index is 0.00000392. The Kier molecular flexibility index (Phi) is 10.6. The predicted molar refractivity (Wildman–Crippen MR) is 115 cm³/mol. The summed E-state index contributed by atoms with van der Waals surface area (Å²) in [6, 6.07) is 6.74. The van der Waals surface area contributed by atoms with Gasteiger partial charge in [0.2, 0.25) is 0 Å². The number of ether oxygens (including phenoxy) is 2. The number of nitrogens with zero attached hydrogens (tertiary/aromatic N) is 3. The minimum atomic E-state index is -2.90. The fourth-order valence-electron chi connectivity index (χ4n) is 2.37. The lowest BCUT2D eigenvalue weighted by atomic mass is 10.2. The highest BCUT2D eigenvalue weighted by molar-refractivity contribution is 14.0. The third kappa shape index (κ3) is 7.49. The van der Waals surface area contributed by atoms with Crippen LogP contribution in [-0.2, 0) is 20.1 Å². The van der Waals surface area contributed by atoms with Crippen LogP contribution in [0.4, 0.5) is 8.78 Å². The Morgan fingerprint density at radius 1 is 1.21 bits per heavy atom. The number of aromatic nitrogens is 2. The van der Waals surface area contributed by atoms with Crippen molar-refractivity contribution >= 4 is 29.9 Å². The van der Waals surface area contributed by atoms with Crippen LogP contribution in [-0.4, -0.2) is 35.5 Å². The smallest absolute Gasteiger partial charge is 0.387 e. The molecule has 2 rings (SSSR count). The highest BCUT2D eigenvalue weighted by atomic mass is 127. The van der Waals surface area contributed by atoms with Gasteiger partial charge in [0.25, 0.3) is 0 Å². The lowest BCUT2D eigenvalue weighted by Gasteiger charge is -2.13. The molecular formula is C18H26F2IN5O2. The third-order valence-electron chi connectivity index (χ3n) is 3.65. The monoisotopic (exact) mass is 509 g/mol. The van der Waals surface area contributed by atoms with Crippen molar-refractivity contribution in [1.29, 1.82) is 0 Å². The number of rotatable bonds is 9. The molecular weight excluding hydrogens is 483 g/mol. The molecule has 0 atom stereocenters. The molecule has 2 aromatic rings. The Morgan fingerprint density at radius 2 is 2.00 bits per heavy atom. The molecule has 28 heavy (non-hydrogen) atoms. The molecule has 1 aromatic carbocycles. The van der Waals surface area contributed by atoms with Crippen LogP contribution in [0.5, 0.6) is 11.5 Å². The van der Waals surface area contributed by atoms with E-state index >= 15 is 0 Å². The summed E-state index contributed by atoms with van der Waals surface area (Å²) in [5, 5.41) is 10.5. The average molecular weight is 509 g/mol. The Hall–Kier alpha value is -2.11. The van der Waals surface area contributed by atoms with Gasteiger partial charge in [-0.3, -0.25) is 4.68 Å². The predicted octanol–water partition coefficient (Wildman–Crippen LogP) is 3.29. The van der Waals surface area contributed by atoms with Gasteiger partial charge in [-0.1, -0.05) is 6.07 Å². The molecule has 0 aliphatic rings. The topological polar surface area (TPSA) is 72.7 Å². The molecule has 0 spiro atoms. The van der Waals surface area contributed by atoms with Gasteiger partial charge < -0.3 is 20.1 Å². The minimum Gasteiger partial charge on any atom is -0.490 e. The molecule has 0 unspecified atom stereocenters. The number of guanidine groups is 1. The number of hydrogen-bond donors (Lipinski definition) is 2. The van der Waals surface area contributed by atoms with Gasteiger partial charge in [-0.25, -0.2) is 4.99 Å². The zero-order valence-electron chi connectivity index (χ0n) is 16.1. The van der Waals surface area contributed by atoms with Crippen molar-refractivity contribution in [2.24, 2.45) is 12.0 Å². The molecule has 0 fully saturated rings. The first kappa shape index (κ1) is 23.9. The summed E-state index contributed by atoms with van der Waals surface area (Å²) in [4.78, 5) is 4.52. The Bertz CT molecular complexity index is 755. The van der Waals surface area contributed by atoms with Crippen LogP contribution in [0.3, 0.4) is 0 Å². The first-order chi connectivity index (χ1) is 13.0. The highest BCUT2D eigenvalue weighted by Crippen LogP contribution is 2.30. The third-order valence-corrected chi connectivity index (χ3v) is 3.65. The van der Waals surface area contributed by atoms with E-state index in [1.54, 1.807) is 29.9 Å². The molecule has 0 saturated heterocycles. The van der Waals surface area contributed by atoms with Crippen LogP contribution in [0.2, 0.25) is 0 Å². The van der Waals surface area contributed by atoms with E-state index in [4.69, 9.17) is 4.74 Å². The minimum absolute atomic E-state index is 0. The molecule has 0 bridgehead atoms. The first-order valence-corrected chi connectivity index (χ1v) is 8.73. The van der Waals surface area contributed by atoms with Gasteiger partial charge in [0.05, 0.1) is 25.4 Å². The number of nitrogens with one attached hydrogen (secondary N) is 2. The molecule has 10 heteroatoms. The van der Waals surface area contributed by atoms with Crippen LogP contribution in [0, 0.1) is 0 Å². The highest BCUT2D eigenvalue weighted by Gasteiger charge is 2.11. The fourth-order valence-corrected chi connectivity index (χ4v) is 2.37. The number of alkyl halides is 2. The normalized spacial score (nSPS) is 11.1. The van der Waals surface area contributed by atoms with Crippen molar-refractivity contribution in [2.75, 3.05) is 13.2 Å². The van der Waals surface area contributed by atoms with E-state index in [-0.39, 0.29) is 35.5 Å². The maximum atomic E-state index is 12.5. The van der Waals surface area contributed by atoms with Crippen molar-refractivity contribution in [1.82, 2.24) is 20.4 Å². The first-order valence-electron chi connectivity index (χ1n) is 8.73. The van der Waals surface area contributed by atoms with Crippen LogP contribution in [0.15, 0.2) is 35.5 Å². The maximum absolute atomic E-state index is 12.5. The number of aliphatic imine (C=N–C) groups is 1. The van der Waals surface area contributed by atoms with Crippen LogP contribution in [0.1, 0.15) is 25.1 Å². The van der Waals surface area contributed by atoms with Gasteiger partial charge in [0.15, 0.2) is 17.5 Å². The standard InChI is InChI=1S/C18H25F2N5O2.HI/c1-4-21-18(23-12-14-8-9-24-25(14)3)22-11-13-6-7-15(27-17(19)20)16(10-13)26-5-2;/h6-10,17H,4-5,11-12H2,1-3H3,(H2,21,22,23);1H. The molecule has 0 aliphatic carbocycles. The van der Waals surface area contributed by atoms with Gasteiger partial charge in [0, 0.05) is 19.8 Å². The van der Waals surface area contributed by atoms with E-state index in [0.717, 1.165) is 11.3 Å². The second-order valence-corrected chi connectivity index (χ2v) is 5.59. The molecule has 0 saturated carbocycles. The summed E-state index contributed by atoms with van der Waals surface area (Å²) in [5.41, 5.74) is 1.84. The maximum Gasteiger partial charge on any atom is 0.387 e. The van der Waals surface area contributed by atoms with Crippen molar-refractivity contribution in [2.45, 2.75) is 33.5 Å². The second kappa shape index (κ2) is 12.4. The molecule has 7 nitrogen and oxygen atoms in total. The summed E-state index contributed by atoms with van der Waals surface area (Å²) in [7, 11) is 1.87. The van der Waals surface area contributed by atoms with Gasteiger partial charge in [-0.05, 0) is 37.6 Å². The summed E-state index contributed by atoms with van der Waals surface area (Å²) in [5.74, 6) is 0.934. The second-order valence-electron chi connectivity index (χ2n) is 5.59. The lowest BCUT2D eigenvalue weighted by Crippen LogP contribution is -2.37. The molecule has 0 aliphatic heterocycles. The van der Waals surface area contributed by atoms with Gasteiger partial charge >= 0.3 is 6.61 Å². The van der Waals surface area contributed by atoms with E-state index in [1.807, 2.05) is 20.0 Å². The lowest BCUT2D eigenvalue weighted by molar-refractivity contribution is -0.0514.